The van der Waals surface area contributed by atoms with Crippen LogP contribution in [0.5, 0.6) is 0 Å². The average molecular weight is 1870 g/mol. The van der Waals surface area contributed by atoms with Crippen LogP contribution in [0.3, 0.4) is 0 Å². The molecular weight excluding hydrogens is 1760 g/mol. The summed E-state index contributed by atoms with van der Waals surface area (Å²) in [4.78, 5) is 119. The smallest absolute Gasteiger partial charge is 0.257 e. The number of nitrogens with two attached hydrogens (primary N) is 3. The Kier molecular flexibility index (Phi) is 30.7. The van der Waals surface area contributed by atoms with Crippen molar-refractivity contribution >= 4 is 122 Å². The number of piperidine rings is 2. The summed E-state index contributed by atoms with van der Waals surface area (Å²) in [5.41, 5.74) is 29.2. The highest BCUT2D eigenvalue weighted by molar-refractivity contribution is 7.11. The summed E-state index contributed by atoms with van der Waals surface area (Å²) in [6.45, 7) is 21.5. The molecule has 7 aliphatic rings. The molecule has 1 aliphatic carbocycles. The molecule has 0 bridgehead atoms. The maximum absolute atomic E-state index is 13.0. The van der Waals surface area contributed by atoms with Crippen LogP contribution in [0, 0.1) is 75.9 Å². The van der Waals surface area contributed by atoms with Crippen LogP contribution in [0.4, 0.5) is 0 Å². The Morgan fingerprint density at radius 2 is 0.970 bits per heavy atom. The number of amidine groups is 2. The molecule has 0 radical (unpaired) electrons. The molecule has 4 fully saturated rings. The predicted molar refractivity (Wildman–Crippen MR) is 531 cm³/mol. The first-order chi connectivity index (χ1) is 63.6. The number of benzene rings is 2. The van der Waals surface area contributed by atoms with Gasteiger partial charge in [-0.1, -0.05) is 73.6 Å². The number of guanidine groups is 3. The van der Waals surface area contributed by atoms with Gasteiger partial charge in [-0.2, -0.15) is 4.37 Å². The third-order valence-electron chi connectivity index (χ3n) is 24.0. The number of nitrogens with zero attached hydrogens (tertiary/aromatic N) is 14. The van der Waals surface area contributed by atoms with E-state index < -0.39 is 28.1 Å². The number of aliphatic imine (C=N–C) groups is 3. The van der Waals surface area contributed by atoms with E-state index in [-0.39, 0.29) is 65.2 Å². The average Bonchev–Trinajstić information content (AvgIpc) is 1.72. The molecule has 6 atom stereocenters. The molecule has 26 nitrogen and oxygen atoms in total. The molecule has 31 heteroatoms. The first-order valence-corrected chi connectivity index (χ1v) is 47.9. The molecule has 6 aliphatic heterocycles. The number of ether oxygens (including phenoxy) is 1. The van der Waals surface area contributed by atoms with E-state index in [4.69, 9.17) is 32.8 Å². The summed E-state index contributed by atoms with van der Waals surface area (Å²) in [5.74, 6) is 32.1. The molecule has 8 aromatic heterocycles. The molecule has 17 rings (SSSR count). The Hall–Kier alpha value is -13.4. The van der Waals surface area contributed by atoms with Gasteiger partial charge in [0.25, 0.3) is 5.91 Å². The van der Waals surface area contributed by atoms with Crippen molar-refractivity contribution in [1.29, 1.82) is 10.8 Å². The second kappa shape index (κ2) is 42.0. The van der Waals surface area contributed by atoms with Gasteiger partial charge in [0.15, 0.2) is 17.9 Å². The lowest BCUT2D eigenvalue weighted by molar-refractivity contribution is -0.145. The first kappa shape index (κ1) is 97.1. The maximum atomic E-state index is 13.0. The topological polar surface area (TPSA) is 358 Å². The highest BCUT2D eigenvalue weighted by Gasteiger charge is 2.50. The molecule has 0 unspecified atom stereocenters. The zero-order chi connectivity index (χ0) is 95.3. The fraction of sp³-hybridized carbons (Fsp3) is 0.353. The number of carbonyl (C=O) groups is 6. The van der Waals surface area contributed by atoms with Gasteiger partial charge in [0, 0.05) is 191 Å². The Morgan fingerprint density at radius 1 is 0.474 bits per heavy atom. The number of amides is 6. The Labute approximate surface area is 797 Å². The molecule has 14 heterocycles. The van der Waals surface area contributed by atoms with Crippen LogP contribution in [0.1, 0.15) is 192 Å². The van der Waals surface area contributed by atoms with Crippen LogP contribution in [0.25, 0.3) is 55.9 Å². The van der Waals surface area contributed by atoms with E-state index in [0.29, 0.717) is 81.5 Å². The Bertz CT molecular complexity index is 6440. The van der Waals surface area contributed by atoms with Crippen LogP contribution in [-0.4, -0.2) is 179 Å². The number of likely N-dealkylation sites (N-methyl/N-ethyl adjacent to an activating group) is 1. The van der Waals surface area contributed by atoms with Crippen molar-refractivity contribution in [2.75, 3.05) is 54.4 Å². The summed E-state index contributed by atoms with van der Waals surface area (Å²) in [6, 6.07) is 32.4. The van der Waals surface area contributed by atoms with Gasteiger partial charge in [-0.25, -0.2) is 24.9 Å². The minimum absolute atomic E-state index is 0.00617. The van der Waals surface area contributed by atoms with Gasteiger partial charge in [-0.3, -0.25) is 64.3 Å². The van der Waals surface area contributed by atoms with Crippen molar-refractivity contribution in [1.82, 2.24) is 53.7 Å². The number of likely N-dealkylation sites (tertiary alicyclic amines) is 3. The van der Waals surface area contributed by atoms with Gasteiger partial charge in [-0.05, 0) is 210 Å². The lowest BCUT2D eigenvalue weighted by Crippen LogP contribution is -2.57. The van der Waals surface area contributed by atoms with Crippen LogP contribution < -0.4 is 17.2 Å². The monoisotopic (exact) mass is 1870 g/mol. The first-order valence-electron chi connectivity index (χ1n) is 43.6. The zero-order valence-corrected chi connectivity index (χ0v) is 81.2. The maximum Gasteiger partial charge on any atom is 0.257 e. The number of pyridine rings is 2. The third-order valence-corrected chi connectivity index (χ3v) is 29.9. The van der Waals surface area contributed by atoms with E-state index in [1.54, 1.807) is 105 Å². The Morgan fingerprint density at radius 3 is 1.51 bits per heavy atom. The SMILES string of the molecule is CC#Cc1cc(-c2csc([C@]3(C)CC(=O)N(C)C(N)=N3)c2)ncn1.CC#Cc1cccc(-c2cc([C@]3(C)CC(=O)N(C)C(N)=N3)sn2)c1.CC#Cc1cccc(-c2csc([C@@]3(C)CC(=N)N(CCCN4CCCC4=O)C(=O)C3)c2)c1.CC#Cc1cncc(-c2csc([C@@]3(C)CC(=N)N(C)C(=O)[C@H]3OCC)c2)c1.CN1C(=O)C[C@@](C)(c2cc(-c3cncc(C#CC4CC4)c3)cs2)N=C1N. The molecule has 2 aromatic carbocycles. The lowest BCUT2D eigenvalue weighted by atomic mass is 9.75. The minimum Gasteiger partial charge on any atom is -0.369 e. The zero-order valence-electron chi connectivity index (χ0n) is 77.1. The lowest BCUT2D eigenvalue weighted by Gasteiger charge is -2.43. The molecule has 682 valence electrons. The standard InChI is InChI=1S/C26H29N3O2S.C21H23N3O2S.C20H20N4OS.C18H18N4OS.C17H17N5OS/c1-3-7-19-8-4-9-20(14-19)21-15-22(32-18-21)26(2)16-23(27)29(25(31)17-26)13-6-12-28-11-5-10-24(28)30;1-5-7-14-8-15(12-23-11-14)16-9-17(27-13-16)21(3)10-18(22)24(4)20(25)19(21)26-6-2;1-20(9-18(25)24(2)19(21)23-20)17-8-16(12-26-17)15-7-14(10-22-11-15)6-5-13-3-4-13;1-4-6-12-7-5-8-13(9-12)14-10-15(24-21-14)18(2)11-16(23)22(3)17(19)20-18;1-4-5-12-7-13(20-10-19-12)11-6-14(24-9-11)17(2)8-15(23)22(3)16(18)21-17/h4,8-9,14-15,18,27H,5-6,10-13,16-17H2,1-2H3;8-9,11-13,19,22H,6,10H2,1-4H3;7-8,10-13H,3-4,9H2,1-2H3,(H2,21,23);5,7-10H,11H2,1-3H3,(H2,19,20);6-7,9-10H,8H2,1-3H3,(H2,18,21)/t26-;19-,21-;20-;18-;17-/m01000/s1. The molecule has 133 heavy (non-hydrogen) atoms. The Balaban J connectivity index is 0.000000142. The summed E-state index contributed by atoms with van der Waals surface area (Å²) < 4.78 is 10.4. The van der Waals surface area contributed by atoms with Crippen molar-refractivity contribution < 1.29 is 33.5 Å². The van der Waals surface area contributed by atoms with Gasteiger partial charge in [-0.15, -0.1) is 63.1 Å². The van der Waals surface area contributed by atoms with Gasteiger partial charge in [0.2, 0.25) is 29.5 Å². The van der Waals surface area contributed by atoms with Crippen LogP contribution in [0.15, 0.2) is 165 Å². The fourth-order valence-corrected chi connectivity index (χ4v) is 21.1. The van der Waals surface area contributed by atoms with Gasteiger partial charge < -0.3 is 36.6 Å². The molecule has 3 saturated heterocycles. The molecule has 8 N–H and O–H groups in total. The van der Waals surface area contributed by atoms with E-state index in [1.807, 2.05) is 132 Å². The quantitative estimate of drug-likeness (QED) is 0.0561. The van der Waals surface area contributed by atoms with Crippen molar-refractivity contribution in [3.63, 3.8) is 0 Å². The number of carbonyl (C=O) groups excluding carboxylic acids is 6. The largest absolute Gasteiger partial charge is 0.369 e. The molecule has 10 aromatic rings. The second-order valence-electron chi connectivity index (χ2n) is 34.4. The number of hydrogen-bond acceptors (Lipinski definition) is 25. The molecule has 1 saturated carbocycles. The second-order valence-corrected chi connectivity index (χ2v) is 38.9. The van der Waals surface area contributed by atoms with E-state index in [0.717, 1.165) is 122 Å². The highest BCUT2D eigenvalue weighted by Crippen LogP contribution is 2.47. The van der Waals surface area contributed by atoms with E-state index in [1.165, 1.54) is 50.3 Å². The molecular formula is C102H107N19O7S5. The number of hydrogen-bond donors (Lipinski definition) is 5. The number of rotatable bonds is 16. The summed E-state index contributed by atoms with van der Waals surface area (Å²) in [6.07, 6.45) is 15.1. The van der Waals surface area contributed by atoms with Gasteiger partial charge >= 0.3 is 0 Å². The van der Waals surface area contributed by atoms with Gasteiger partial charge in [0.1, 0.15) is 46.4 Å². The van der Waals surface area contributed by atoms with Crippen molar-refractivity contribution in [2.24, 2.45) is 38.1 Å². The third kappa shape index (κ3) is 22.8. The summed E-state index contributed by atoms with van der Waals surface area (Å²) >= 11 is 7.75. The van der Waals surface area contributed by atoms with E-state index in [2.05, 4.69) is 158 Å². The number of aromatic nitrogens is 5. The highest BCUT2D eigenvalue weighted by atomic mass is 32.1. The molecule has 6 amide bonds. The van der Waals surface area contributed by atoms with Crippen molar-refractivity contribution in [3.05, 3.63) is 202 Å². The minimum atomic E-state index is -0.662. The summed E-state index contributed by atoms with van der Waals surface area (Å²) in [7, 11) is 6.57. The number of thiophene rings is 4. The summed E-state index contributed by atoms with van der Waals surface area (Å²) in [5, 5.41) is 25.1. The number of nitrogens with one attached hydrogen (secondary N) is 2. The van der Waals surface area contributed by atoms with E-state index >= 15 is 0 Å². The van der Waals surface area contributed by atoms with Crippen LogP contribution in [-0.2, 0) is 61.0 Å². The van der Waals surface area contributed by atoms with Crippen molar-refractivity contribution in [3.8, 4) is 115 Å². The van der Waals surface area contributed by atoms with Crippen molar-refractivity contribution in [2.45, 2.75) is 173 Å². The van der Waals surface area contributed by atoms with Gasteiger partial charge in [0.05, 0.1) is 35.5 Å². The van der Waals surface area contributed by atoms with Crippen LogP contribution >= 0.6 is 56.9 Å². The molecule has 0 spiro atoms. The van der Waals surface area contributed by atoms with E-state index in [9.17, 15) is 28.8 Å². The normalized spacial score (nSPS) is 21.4. The fourth-order valence-electron chi connectivity index (χ4n) is 16.0. The van der Waals surface area contributed by atoms with Crippen LogP contribution in [0.2, 0.25) is 0 Å². The predicted octanol–water partition coefficient (Wildman–Crippen LogP) is 15.8.